The molecule has 0 fully saturated rings. The molecule has 2 nitrogen and oxygen atoms in total. The molecule has 0 heterocycles. The number of hydrogen-bond acceptors (Lipinski definition) is 2. The highest BCUT2D eigenvalue weighted by atomic mass is 28.4. The summed E-state index contributed by atoms with van der Waals surface area (Å²) in [5.41, 5.74) is 0. The van der Waals surface area contributed by atoms with Crippen LogP contribution in [0.4, 0.5) is 0 Å². The van der Waals surface area contributed by atoms with E-state index in [4.69, 9.17) is 9.38 Å². The molecule has 106 valence electrons. The van der Waals surface area contributed by atoms with Crippen molar-refractivity contribution < 1.29 is 4.12 Å². The van der Waals surface area contributed by atoms with Gasteiger partial charge in [-0.05, 0) is 52.1 Å². The highest BCUT2D eigenvalue weighted by Gasteiger charge is 2.24. The Kier molecular flexibility index (Phi) is 16.0. The highest BCUT2D eigenvalue weighted by Crippen LogP contribution is 2.12. The highest BCUT2D eigenvalue weighted by molar-refractivity contribution is 6.83. The van der Waals surface area contributed by atoms with Gasteiger partial charge in [0.1, 0.15) is 0 Å². The van der Waals surface area contributed by atoms with Crippen molar-refractivity contribution in [3.63, 3.8) is 0 Å². The van der Waals surface area contributed by atoms with Crippen molar-refractivity contribution in [1.29, 1.82) is 5.26 Å². The Morgan fingerprint density at radius 3 is 1.22 bits per heavy atom. The van der Waals surface area contributed by atoms with Crippen LogP contribution in [0.3, 0.4) is 0 Å². The lowest BCUT2D eigenvalue weighted by Gasteiger charge is -2.27. The zero-order valence-corrected chi connectivity index (χ0v) is 15.3. The number of hydrogen-bond donors (Lipinski definition) is 0. The second kappa shape index (κ2) is 12.8. The molecular weight excluding hydrogens is 254 g/mol. The molecule has 0 aliphatic heterocycles. The monoisotopic (exact) mass is 285 g/mol. The van der Waals surface area contributed by atoms with E-state index in [1.807, 2.05) is 12.2 Å². The largest absolute Gasteiger partial charge is 0.456 e. The molecule has 0 spiro atoms. The Balaban J connectivity index is -0.000000216. The lowest BCUT2D eigenvalue weighted by molar-refractivity contribution is 0.559. The fraction of sp³-hybridized carbons (Fsp3) is 0.643. The van der Waals surface area contributed by atoms with Gasteiger partial charge in [-0.3, -0.25) is 0 Å². The quantitative estimate of drug-likeness (QED) is 0.388. The van der Waals surface area contributed by atoms with Gasteiger partial charge in [0.15, 0.2) is 16.6 Å². The molecule has 0 unspecified atom stereocenters. The van der Waals surface area contributed by atoms with Gasteiger partial charge >= 0.3 is 0 Å². The number of nitriles is 1. The Labute approximate surface area is 117 Å². The van der Waals surface area contributed by atoms with E-state index in [0.717, 1.165) is 12.8 Å². The fourth-order valence-corrected chi connectivity index (χ4v) is 8.50. The molecule has 0 bridgehead atoms. The van der Waals surface area contributed by atoms with E-state index in [0.29, 0.717) is 0 Å². The first-order chi connectivity index (χ1) is 8.04. The summed E-state index contributed by atoms with van der Waals surface area (Å²) in [6, 6.07) is 1.75. The standard InChI is InChI=1S/C6H18OSi2.C6H10.C2H3N/c1-8(2,3)7-9(4,5)6;1-3-5-6-4-2;1-2-3/h1-6H3;3-4H,1-2,5-6H2;1H3. The minimum Gasteiger partial charge on any atom is -0.456 e. The van der Waals surface area contributed by atoms with Gasteiger partial charge in [0.2, 0.25) is 0 Å². The number of nitrogens with zero attached hydrogens (tertiary/aromatic N) is 1. The van der Waals surface area contributed by atoms with Crippen LogP contribution in [0.1, 0.15) is 19.8 Å². The summed E-state index contributed by atoms with van der Waals surface area (Å²) in [6.07, 6.45) is 5.90. The predicted molar refractivity (Wildman–Crippen MR) is 88.7 cm³/mol. The lowest BCUT2D eigenvalue weighted by Crippen LogP contribution is -2.39. The Morgan fingerprint density at radius 1 is 0.944 bits per heavy atom. The summed E-state index contributed by atoms with van der Waals surface area (Å²) < 4.78 is 5.90. The number of rotatable bonds is 5. The van der Waals surface area contributed by atoms with Crippen LogP contribution >= 0.6 is 0 Å². The maximum atomic E-state index is 7.32. The summed E-state index contributed by atoms with van der Waals surface area (Å²) in [4.78, 5) is 0. The third kappa shape index (κ3) is 45.3. The van der Waals surface area contributed by atoms with Crippen molar-refractivity contribution in [2.75, 3.05) is 0 Å². The van der Waals surface area contributed by atoms with Crippen molar-refractivity contribution in [1.82, 2.24) is 0 Å². The normalized spacial score (nSPS) is 9.89. The maximum Gasteiger partial charge on any atom is 0.170 e. The molecule has 0 aromatic rings. The minimum atomic E-state index is -1.23. The summed E-state index contributed by atoms with van der Waals surface area (Å²) in [5.74, 6) is 0. The van der Waals surface area contributed by atoms with Gasteiger partial charge in [-0.1, -0.05) is 12.2 Å². The molecule has 0 saturated heterocycles. The summed E-state index contributed by atoms with van der Waals surface area (Å²) in [5, 5.41) is 7.32. The minimum absolute atomic E-state index is 1.06. The second-order valence-electron chi connectivity index (χ2n) is 5.71. The summed E-state index contributed by atoms with van der Waals surface area (Å²) in [7, 11) is -2.46. The molecule has 0 aromatic heterocycles. The third-order valence-electron chi connectivity index (χ3n) is 1.19. The zero-order valence-electron chi connectivity index (χ0n) is 13.3. The van der Waals surface area contributed by atoms with Crippen LogP contribution in [0.15, 0.2) is 25.3 Å². The van der Waals surface area contributed by atoms with Crippen molar-refractivity contribution in [3.05, 3.63) is 25.3 Å². The lowest BCUT2D eigenvalue weighted by atomic mass is 10.3. The SMILES string of the molecule is C=CCCC=C.CC#N.C[Si](C)(C)O[Si](C)(C)C. The van der Waals surface area contributed by atoms with Gasteiger partial charge < -0.3 is 4.12 Å². The van der Waals surface area contributed by atoms with E-state index in [1.165, 1.54) is 6.92 Å². The summed E-state index contributed by atoms with van der Waals surface area (Å²) >= 11 is 0. The van der Waals surface area contributed by atoms with E-state index in [1.54, 1.807) is 6.07 Å². The molecule has 0 aliphatic rings. The van der Waals surface area contributed by atoms with Gasteiger partial charge in [-0.2, -0.15) is 5.26 Å². The van der Waals surface area contributed by atoms with Crippen LogP contribution in [0.2, 0.25) is 39.3 Å². The predicted octanol–water partition coefficient (Wildman–Crippen LogP) is 5.34. The summed E-state index contributed by atoms with van der Waals surface area (Å²) in [6.45, 7) is 22.0. The molecule has 0 aliphatic carbocycles. The molecule has 0 atom stereocenters. The van der Waals surface area contributed by atoms with Crippen LogP contribution in [0.25, 0.3) is 0 Å². The van der Waals surface area contributed by atoms with Gasteiger partial charge in [0.05, 0.1) is 6.07 Å². The second-order valence-corrected chi connectivity index (χ2v) is 15.0. The number of unbranched alkanes of at least 4 members (excludes halogenated alkanes) is 1. The zero-order chi connectivity index (χ0) is 15.2. The topological polar surface area (TPSA) is 33.0 Å². The van der Waals surface area contributed by atoms with Gasteiger partial charge in [0.25, 0.3) is 0 Å². The third-order valence-corrected chi connectivity index (χ3v) is 6.09. The molecule has 0 radical (unpaired) electrons. The maximum absolute atomic E-state index is 7.32. The Morgan fingerprint density at radius 2 is 1.17 bits per heavy atom. The van der Waals surface area contributed by atoms with Crippen molar-refractivity contribution in [2.24, 2.45) is 0 Å². The van der Waals surface area contributed by atoms with Crippen LogP contribution in [0, 0.1) is 11.3 Å². The van der Waals surface area contributed by atoms with E-state index >= 15 is 0 Å². The molecule has 0 rings (SSSR count). The smallest absolute Gasteiger partial charge is 0.170 e. The first-order valence-electron chi connectivity index (χ1n) is 6.26. The molecule has 0 saturated carbocycles. The van der Waals surface area contributed by atoms with Crippen LogP contribution in [0.5, 0.6) is 0 Å². The number of allylic oxidation sites excluding steroid dienone is 2. The first kappa shape index (κ1) is 22.5. The fourth-order valence-electron chi connectivity index (χ4n) is 1.15. The van der Waals surface area contributed by atoms with E-state index in [9.17, 15) is 0 Å². The molecule has 0 aromatic carbocycles. The average Bonchev–Trinajstić information content (AvgIpc) is 2.11. The molecule has 0 N–H and O–H groups in total. The van der Waals surface area contributed by atoms with E-state index in [-0.39, 0.29) is 0 Å². The molecule has 4 heteroatoms. The van der Waals surface area contributed by atoms with Crippen LogP contribution in [-0.4, -0.2) is 16.6 Å². The van der Waals surface area contributed by atoms with Gasteiger partial charge in [0, 0.05) is 6.92 Å². The van der Waals surface area contributed by atoms with Crippen LogP contribution < -0.4 is 0 Å². The van der Waals surface area contributed by atoms with Crippen LogP contribution in [-0.2, 0) is 4.12 Å². The van der Waals surface area contributed by atoms with Crippen molar-refractivity contribution in [2.45, 2.75) is 59.0 Å². The first-order valence-corrected chi connectivity index (χ1v) is 13.1. The molecule has 18 heavy (non-hydrogen) atoms. The molecule has 0 amide bonds. The van der Waals surface area contributed by atoms with E-state index < -0.39 is 16.6 Å². The van der Waals surface area contributed by atoms with Crippen molar-refractivity contribution in [3.8, 4) is 6.07 Å². The van der Waals surface area contributed by atoms with Crippen molar-refractivity contribution >= 4 is 16.6 Å². The average molecular weight is 286 g/mol. The molecular formula is C14H31NOSi2. The Hall–Kier alpha value is -0.636. The van der Waals surface area contributed by atoms with Gasteiger partial charge in [-0.25, -0.2) is 0 Å². The van der Waals surface area contributed by atoms with E-state index in [2.05, 4.69) is 52.4 Å². The van der Waals surface area contributed by atoms with Gasteiger partial charge in [-0.15, -0.1) is 13.2 Å². The Bertz CT molecular complexity index is 224.